The van der Waals surface area contributed by atoms with Crippen molar-refractivity contribution in [1.29, 1.82) is 0 Å². The zero-order valence-electron chi connectivity index (χ0n) is 9.89. The molecule has 0 bridgehead atoms. The Balaban J connectivity index is 2.37. The Bertz CT molecular complexity index is 719. The zero-order chi connectivity index (χ0) is 14.0. The number of hydrogen-bond acceptors (Lipinski definition) is 3. The highest BCUT2D eigenvalue weighted by Gasteiger charge is 2.18. The van der Waals surface area contributed by atoms with Crippen molar-refractivity contribution in [2.75, 3.05) is 4.72 Å². The maximum atomic E-state index is 12.2. The lowest BCUT2D eigenvalue weighted by Gasteiger charge is -2.09. The fourth-order valence-electron chi connectivity index (χ4n) is 1.44. The van der Waals surface area contributed by atoms with Crippen LogP contribution in [0.1, 0.15) is 5.56 Å². The second-order valence-corrected chi connectivity index (χ2v) is 6.72. The van der Waals surface area contributed by atoms with E-state index in [-0.39, 0.29) is 10.0 Å². The molecule has 0 radical (unpaired) electrons. The highest BCUT2D eigenvalue weighted by Crippen LogP contribution is 2.24. The van der Waals surface area contributed by atoms with Gasteiger partial charge in [-0.05, 0) is 36.8 Å². The van der Waals surface area contributed by atoms with Crippen molar-refractivity contribution in [3.63, 3.8) is 0 Å². The molecule has 0 spiro atoms. The van der Waals surface area contributed by atoms with E-state index in [1.807, 2.05) is 13.0 Å². The number of nitrogens with zero attached hydrogens (tertiary/aromatic N) is 1. The van der Waals surface area contributed by atoms with Gasteiger partial charge in [0.25, 0.3) is 10.0 Å². The third-order valence-corrected chi connectivity index (χ3v) is 5.12. The Kier molecular flexibility index (Phi) is 4.13. The number of nitrogens with one attached hydrogen (secondary N) is 1. The molecule has 1 aromatic carbocycles. The van der Waals surface area contributed by atoms with Crippen LogP contribution in [0.4, 0.5) is 5.69 Å². The quantitative estimate of drug-likeness (QED) is 0.850. The Morgan fingerprint density at radius 3 is 2.68 bits per heavy atom. The molecule has 1 N–H and O–H groups in total. The summed E-state index contributed by atoms with van der Waals surface area (Å²) in [6, 6.07) is 8.11. The van der Waals surface area contributed by atoms with Gasteiger partial charge in [-0.25, -0.2) is 13.4 Å². The van der Waals surface area contributed by atoms with E-state index in [4.69, 9.17) is 11.6 Å². The van der Waals surface area contributed by atoms with E-state index in [0.717, 1.165) is 10.0 Å². The molecule has 4 nitrogen and oxygen atoms in total. The van der Waals surface area contributed by atoms with Gasteiger partial charge in [-0.1, -0.05) is 33.6 Å². The van der Waals surface area contributed by atoms with Crippen LogP contribution < -0.4 is 4.72 Å². The van der Waals surface area contributed by atoms with Crippen LogP contribution in [0.2, 0.25) is 5.15 Å². The van der Waals surface area contributed by atoms with E-state index < -0.39 is 10.0 Å². The molecule has 2 aromatic rings. The first-order valence-electron chi connectivity index (χ1n) is 5.29. The lowest BCUT2D eigenvalue weighted by Crippen LogP contribution is -2.13. The van der Waals surface area contributed by atoms with Crippen LogP contribution >= 0.6 is 27.5 Å². The number of anilines is 1. The van der Waals surface area contributed by atoms with Crippen molar-refractivity contribution in [2.24, 2.45) is 0 Å². The van der Waals surface area contributed by atoms with Crippen molar-refractivity contribution < 1.29 is 8.42 Å². The third kappa shape index (κ3) is 3.26. The normalized spacial score (nSPS) is 11.3. The molecule has 100 valence electrons. The molecule has 2 rings (SSSR count). The number of aromatic nitrogens is 1. The van der Waals surface area contributed by atoms with Crippen LogP contribution in [0.25, 0.3) is 0 Å². The number of pyridine rings is 1. The molecule has 0 saturated heterocycles. The minimum absolute atomic E-state index is 0.0478. The monoisotopic (exact) mass is 360 g/mol. The molecule has 0 aliphatic carbocycles. The smallest absolute Gasteiger partial charge is 0.264 e. The minimum atomic E-state index is -3.74. The first-order valence-corrected chi connectivity index (χ1v) is 7.95. The molecule has 1 aromatic heterocycles. The van der Waals surface area contributed by atoms with E-state index in [0.29, 0.717) is 5.69 Å². The number of hydrogen-bond donors (Lipinski definition) is 1. The summed E-state index contributed by atoms with van der Waals surface area (Å²) in [7, 11) is -3.74. The number of halogens is 2. The van der Waals surface area contributed by atoms with Crippen molar-refractivity contribution >= 4 is 43.2 Å². The van der Waals surface area contributed by atoms with Crippen molar-refractivity contribution in [2.45, 2.75) is 11.8 Å². The molecule has 0 amide bonds. The van der Waals surface area contributed by atoms with Gasteiger partial charge in [-0.3, -0.25) is 4.72 Å². The van der Waals surface area contributed by atoms with E-state index in [2.05, 4.69) is 25.6 Å². The summed E-state index contributed by atoms with van der Waals surface area (Å²) in [6.45, 7) is 1.92. The first kappa shape index (κ1) is 14.3. The maximum absolute atomic E-state index is 12.2. The van der Waals surface area contributed by atoms with Gasteiger partial charge in [0.15, 0.2) is 0 Å². The van der Waals surface area contributed by atoms with E-state index in [1.165, 1.54) is 18.3 Å². The van der Waals surface area contributed by atoms with Gasteiger partial charge in [0.05, 0.1) is 0 Å². The molecule has 19 heavy (non-hydrogen) atoms. The Morgan fingerprint density at radius 1 is 1.32 bits per heavy atom. The van der Waals surface area contributed by atoms with E-state index in [1.54, 1.807) is 12.1 Å². The third-order valence-electron chi connectivity index (χ3n) is 2.44. The topological polar surface area (TPSA) is 59.1 Å². The summed E-state index contributed by atoms with van der Waals surface area (Å²) in [6.07, 6.45) is 1.43. The number of benzene rings is 1. The summed E-state index contributed by atoms with van der Waals surface area (Å²) in [5.41, 5.74) is 1.47. The summed E-state index contributed by atoms with van der Waals surface area (Å²) in [5.74, 6) is 0. The van der Waals surface area contributed by atoms with Gasteiger partial charge in [0.1, 0.15) is 10.0 Å². The second-order valence-electron chi connectivity index (χ2n) is 3.86. The van der Waals surface area contributed by atoms with Gasteiger partial charge < -0.3 is 0 Å². The summed E-state index contributed by atoms with van der Waals surface area (Å²) >= 11 is 9.14. The number of sulfonamides is 1. The summed E-state index contributed by atoms with van der Waals surface area (Å²) < 4.78 is 27.6. The standard InChI is InChI=1S/C12H10BrClN2O2S/c1-8-4-5-9(7-10(8)13)16-19(17,18)11-3-2-6-15-12(11)14/h2-7,16H,1H3. The molecule has 0 unspecified atom stereocenters. The average Bonchev–Trinajstić information content (AvgIpc) is 2.34. The molecule has 0 atom stereocenters. The molecule has 0 saturated carbocycles. The SMILES string of the molecule is Cc1ccc(NS(=O)(=O)c2cccnc2Cl)cc1Br. The van der Waals surface area contributed by atoms with Crippen LogP contribution in [0, 0.1) is 6.92 Å². The highest BCUT2D eigenvalue weighted by atomic mass is 79.9. The largest absolute Gasteiger partial charge is 0.279 e. The fourth-order valence-corrected chi connectivity index (χ4v) is 3.32. The van der Waals surface area contributed by atoms with Gasteiger partial charge in [0, 0.05) is 16.4 Å². The average molecular weight is 362 g/mol. The number of aryl methyl sites for hydroxylation is 1. The fraction of sp³-hybridized carbons (Fsp3) is 0.0833. The molecular weight excluding hydrogens is 352 g/mol. The molecule has 0 aliphatic heterocycles. The van der Waals surface area contributed by atoms with Crippen molar-refractivity contribution in [3.05, 3.63) is 51.7 Å². The molecule has 0 fully saturated rings. The predicted octanol–water partition coefficient (Wildman–Crippen LogP) is 3.61. The van der Waals surface area contributed by atoms with Crippen LogP contribution in [0.5, 0.6) is 0 Å². The zero-order valence-corrected chi connectivity index (χ0v) is 13.1. The van der Waals surface area contributed by atoms with Gasteiger partial charge in [0.2, 0.25) is 0 Å². The molecule has 0 aliphatic rings. The lowest BCUT2D eigenvalue weighted by molar-refractivity contribution is 0.601. The number of rotatable bonds is 3. The maximum Gasteiger partial charge on any atom is 0.264 e. The molecular formula is C12H10BrClN2O2S. The van der Waals surface area contributed by atoms with E-state index in [9.17, 15) is 8.42 Å². The summed E-state index contributed by atoms with van der Waals surface area (Å²) in [4.78, 5) is 3.71. The van der Waals surface area contributed by atoms with Crippen molar-refractivity contribution in [1.82, 2.24) is 4.98 Å². The Morgan fingerprint density at radius 2 is 2.05 bits per heavy atom. The van der Waals surface area contributed by atoms with Crippen LogP contribution in [-0.4, -0.2) is 13.4 Å². The van der Waals surface area contributed by atoms with Gasteiger partial charge in [-0.15, -0.1) is 0 Å². The van der Waals surface area contributed by atoms with Crippen LogP contribution in [-0.2, 0) is 10.0 Å². The predicted molar refractivity (Wildman–Crippen MR) is 78.9 cm³/mol. The minimum Gasteiger partial charge on any atom is -0.279 e. The van der Waals surface area contributed by atoms with E-state index >= 15 is 0 Å². The lowest BCUT2D eigenvalue weighted by atomic mass is 10.2. The first-order chi connectivity index (χ1) is 8.90. The second kappa shape index (κ2) is 5.48. The highest BCUT2D eigenvalue weighted by molar-refractivity contribution is 9.10. The molecule has 7 heteroatoms. The van der Waals surface area contributed by atoms with Gasteiger partial charge >= 0.3 is 0 Å². The van der Waals surface area contributed by atoms with Crippen LogP contribution in [0.15, 0.2) is 45.9 Å². The van der Waals surface area contributed by atoms with Gasteiger partial charge in [-0.2, -0.15) is 0 Å². The van der Waals surface area contributed by atoms with Crippen molar-refractivity contribution in [3.8, 4) is 0 Å². The summed E-state index contributed by atoms with van der Waals surface area (Å²) in [5, 5.41) is -0.0545. The van der Waals surface area contributed by atoms with Crippen LogP contribution in [0.3, 0.4) is 0 Å². The molecule has 1 heterocycles. The Labute approximate surface area is 125 Å². The Hall–Kier alpha value is -1.11.